The molecule has 0 spiro atoms. The molecule has 0 saturated carbocycles. The molecule has 0 aliphatic carbocycles. The van der Waals surface area contributed by atoms with Crippen molar-refractivity contribution in [1.82, 2.24) is 9.71 Å². The summed E-state index contributed by atoms with van der Waals surface area (Å²) >= 11 is 0.803. The summed E-state index contributed by atoms with van der Waals surface area (Å²) < 4.78 is 69.4. The van der Waals surface area contributed by atoms with E-state index < -0.39 is 33.2 Å². The summed E-state index contributed by atoms with van der Waals surface area (Å²) in [7, 11) is -3.64. The Labute approximate surface area is 124 Å². The molecule has 0 bridgehead atoms. The number of ether oxygens (including phenoxy) is 1. The number of alkyl halides is 3. The molecule has 5 nitrogen and oxygen atoms in total. The van der Waals surface area contributed by atoms with Crippen LogP contribution in [0.3, 0.4) is 0 Å². The number of thiazole rings is 1. The van der Waals surface area contributed by atoms with Crippen molar-refractivity contribution in [3.8, 4) is 0 Å². The molecular formula is C11H15F3N2O3S2. The van der Waals surface area contributed by atoms with E-state index in [1.54, 1.807) is 6.92 Å². The van der Waals surface area contributed by atoms with Crippen LogP contribution < -0.4 is 4.72 Å². The first-order valence-electron chi connectivity index (χ1n) is 6.35. The minimum absolute atomic E-state index is 0.109. The Hall–Kier alpha value is -0.710. The zero-order valence-corrected chi connectivity index (χ0v) is 12.8. The second-order valence-electron chi connectivity index (χ2n) is 4.68. The molecule has 0 aromatic carbocycles. The Kier molecular flexibility index (Phi) is 4.91. The van der Waals surface area contributed by atoms with Crippen molar-refractivity contribution in [2.75, 3.05) is 13.2 Å². The van der Waals surface area contributed by atoms with Crippen molar-refractivity contribution in [2.45, 2.75) is 37.2 Å². The van der Waals surface area contributed by atoms with Crippen LogP contribution in [-0.2, 0) is 20.9 Å². The first kappa shape index (κ1) is 16.7. The SMILES string of the molecule is CCC(NS(=O)(=O)C1CCOC1)c1nc(C(F)(F)F)cs1. The molecule has 0 amide bonds. The molecule has 1 aromatic rings. The zero-order valence-electron chi connectivity index (χ0n) is 11.2. The second kappa shape index (κ2) is 6.19. The highest BCUT2D eigenvalue weighted by Crippen LogP contribution is 2.32. The highest BCUT2D eigenvalue weighted by molar-refractivity contribution is 7.90. The Balaban J connectivity index is 2.14. The van der Waals surface area contributed by atoms with Gasteiger partial charge in [-0.05, 0) is 12.8 Å². The smallest absolute Gasteiger partial charge is 0.380 e. The molecule has 1 saturated heterocycles. The normalized spacial score (nSPS) is 21.6. The van der Waals surface area contributed by atoms with Gasteiger partial charge in [-0.2, -0.15) is 13.2 Å². The topological polar surface area (TPSA) is 68.3 Å². The van der Waals surface area contributed by atoms with Gasteiger partial charge < -0.3 is 4.74 Å². The van der Waals surface area contributed by atoms with E-state index in [0.29, 0.717) is 19.4 Å². The molecule has 21 heavy (non-hydrogen) atoms. The lowest BCUT2D eigenvalue weighted by Gasteiger charge is -2.17. The Morgan fingerprint density at radius 2 is 2.29 bits per heavy atom. The fourth-order valence-electron chi connectivity index (χ4n) is 1.94. The number of nitrogens with one attached hydrogen (secondary N) is 1. The van der Waals surface area contributed by atoms with Gasteiger partial charge in [-0.1, -0.05) is 6.92 Å². The molecule has 2 atom stereocenters. The Morgan fingerprint density at radius 3 is 2.76 bits per heavy atom. The van der Waals surface area contributed by atoms with Gasteiger partial charge in [-0.25, -0.2) is 18.1 Å². The maximum atomic E-state index is 12.5. The monoisotopic (exact) mass is 344 g/mol. The third-order valence-electron chi connectivity index (χ3n) is 3.15. The number of aromatic nitrogens is 1. The maximum Gasteiger partial charge on any atom is 0.434 e. The maximum absolute atomic E-state index is 12.5. The van der Waals surface area contributed by atoms with Crippen molar-refractivity contribution < 1.29 is 26.3 Å². The summed E-state index contributed by atoms with van der Waals surface area (Å²) in [6.45, 7) is 2.17. The summed E-state index contributed by atoms with van der Waals surface area (Å²) in [5, 5.41) is 0.353. The van der Waals surface area contributed by atoms with E-state index in [1.165, 1.54) is 0 Å². The van der Waals surface area contributed by atoms with Gasteiger partial charge in [0.25, 0.3) is 0 Å². The number of halogens is 3. The van der Waals surface area contributed by atoms with Crippen LogP contribution in [0.1, 0.15) is 36.5 Å². The van der Waals surface area contributed by atoms with Gasteiger partial charge in [0.2, 0.25) is 10.0 Å². The molecule has 1 aliphatic heterocycles. The molecule has 2 unspecified atom stereocenters. The number of hydrogen-bond donors (Lipinski definition) is 1. The van der Waals surface area contributed by atoms with Gasteiger partial charge in [0, 0.05) is 12.0 Å². The quantitative estimate of drug-likeness (QED) is 0.890. The number of sulfonamides is 1. The molecule has 2 rings (SSSR count). The van der Waals surface area contributed by atoms with Gasteiger partial charge in [0.15, 0.2) is 5.69 Å². The molecule has 1 aromatic heterocycles. The number of rotatable bonds is 5. The van der Waals surface area contributed by atoms with Crippen LogP contribution in [0.25, 0.3) is 0 Å². The van der Waals surface area contributed by atoms with Gasteiger partial charge in [-0.3, -0.25) is 0 Å². The van der Waals surface area contributed by atoms with Crippen molar-refractivity contribution >= 4 is 21.4 Å². The van der Waals surface area contributed by atoms with Crippen LogP contribution in [0.2, 0.25) is 0 Å². The van der Waals surface area contributed by atoms with E-state index in [-0.39, 0.29) is 11.6 Å². The highest BCUT2D eigenvalue weighted by atomic mass is 32.2. The van der Waals surface area contributed by atoms with Crippen LogP contribution in [0.5, 0.6) is 0 Å². The Morgan fingerprint density at radius 1 is 1.57 bits per heavy atom. The second-order valence-corrected chi connectivity index (χ2v) is 7.56. The van der Waals surface area contributed by atoms with Crippen molar-refractivity contribution in [1.29, 1.82) is 0 Å². The summed E-state index contributed by atoms with van der Waals surface area (Å²) in [5.41, 5.74) is -0.996. The minimum atomic E-state index is -4.52. The van der Waals surface area contributed by atoms with Crippen LogP contribution in [0.15, 0.2) is 5.38 Å². The van der Waals surface area contributed by atoms with Crippen molar-refractivity contribution in [3.63, 3.8) is 0 Å². The van der Waals surface area contributed by atoms with E-state index in [0.717, 1.165) is 16.7 Å². The lowest BCUT2D eigenvalue weighted by Crippen LogP contribution is -2.37. The van der Waals surface area contributed by atoms with Crippen LogP contribution in [-0.4, -0.2) is 31.9 Å². The fraction of sp³-hybridized carbons (Fsp3) is 0.727. The third-order valence-corrected chi connectivity index (χ3v) is 5.97. The van der Waals surface area contributed by atoms with Gasteiger partial charge in [0.05, 0.1) is 12.6 Å². The van der Waals surface area contributed by atoms with Gasteiger partial charge in [0.1, 0.15) is 10.3 Å². The predicted molar refractivity (Wildman–Crippen MR) is 71.4 cm³/mol. The largest absolute Gasteiger partial charge is 0.434 e. The summed E-state index contributed by atoms with van der Waals surface area (Å²) in [6.07, 6.45) is -3.82. The predicted octanol–water partition coefficient (Wildman–Crippen LogP) is 2.32. The van der Waals surface area contributed by atoms with Crippen LogP contribution >= 0.6 is 11.3 Å². The fourth-order valence-corrected chi connectivity index (χ4v) is 4.52. The number of nitrogens with zero attached hydrogens (tertiary/aromatic N) is 1. The minimum Gasteiger partial charge on any atom is -0.380 e. The molecule has 10 heteroatoms. The van der Waals surface area contributed by atoms with Gasteiger partial charge >= 0.3 is 6.18 Å². The molecule has 0 radical (unpaired) electrons. The molecule has 2 heterocycles. The van der Waals surface area contributed by atoms with E-state index in [2.05, 4.69) is 9.71 Å². The van der Waals surface area contributed by atoms with Gasteiger partial charge in [-0.15, -0.1) is 11.3 Å². The van der Waals surface area contributed by atoms with Crippen molar-refractivity contribution in [2.24, 2.45) is 0 Å². The average Bonchev–Trinajstić information content (AvgIpc) is 3.05. The lowest BCUT2D eigenvalue weighted by molar-refractivity contribution is -0.140. The molecule has 1 aliphatic rings. The zero-order chi connectivity index (χ0) is 15.7. The highest BCUT2D eigenvalue weighted by Gasteiger charge is 2.36. The third kappa shape index (κ3) is 3.93. The summed E-state index contributed by atoms with van der Waals surface area (Å²) in [4.78, 5) is 3.50. The Bertz CT molecular complexity index is 580. The van der Waals surface area contributed by atoms with Crippen LogP contribution in [0, 0.1) is 0 Å². The van der Waals surface area contributed by atoms with E-state index in [9.17, 15) is 21.6 Å². The molecule has 1 N–H and O–H groups in total. The van der Waals surface area contributed by atoms with Crippen LogP contribution in [0.4, 0.5) is 13.2 Å². The number of hydrogen-bond acceptors (Lipinski definition) is 5. The average molecular weight is 344 g/mol. The van der Waals surface area contributed by atoms with E-state index >= 15 is 0 Å². The molecular weight excluding hydrogens is 329 g/mol. The summed E-state index contributed by atoms with van der Waals surface area (Å²) in [5.74, 6) is 0. The van der Waals surface area contributed by atoms with Crippen molar-refractivity contribution in [3.05, 3.63) is 16.1 Å². The first-order chi connectivity index (χ1) is 9.74. The summed E-state index contributed by atoms with van der Waals surface area (Å²) in [6, 6.07) is -0.753. The van der Waals surface area contributed by atoms with E-state index in [1.807, 2.05) is 0 Å². The van der Waals surface area contributed by atoms with E-state index in [4.69, 9.17) is 4.74 Å². The standard InChI is InChI=1S/C11H15F3N2O3S2/c1-2-8(10-15-9(6-20-10)11(12,13)14)16-21(17,18)7-3-4-19-5-7/h6-8,16H,2-5H2,1H3. The first-order valence-corrected chi connectivity index (χ1v) is 8.78. The molecule has 1 fully saturated rings. The molecule has 120 valence electrons. The lowest BCUT2D eigenvalue weighted by atomic mass is 10.2.